The Morgan fingerprint density at radius 2 is 1.88 bits per heavy atom. The van der Waals surface area contributed by atoms with Gasteiger partial charge in [0.1, 0.15) is 11.6 Å². The molecule has 2 N–H and O–H groups in total. The van der Waals surface area contributed by atoms with Crippen LogP contribution in [0.4, 0.5) is 20.6 Å². The molecule has 3 amide bonds. The van der Waals surface area contributed by atoms with Crippen LogP contribution in [-0.2, 0) is 4.79 Å². The van der Waals surface area contributed by atoms with E-state index in [-0.39, 0.29) is 23.7 Å². The lowest BCUT2D eigenvalue weighted by molar-refractivity contribution is -0.117. The fraction of sp³-hybridized carbons (Fsp3) is 0.263. The second kappa shape index (κ2) is 7.86. The molecule has 0 spiro atoms. The van der Waals surface area contributed by atoms with Crippen LogP contribution < -0.4 is 20.3 Å². The number of hydrogen-bond donors (Lipinski definition) is 2. The van der Waals surface area contributed by atoms with E-state index >= 15 is 0 Å². The van der Waals surface area contributed by atoms with Crippen molar-refractivity contribution in [1.29, 1.82) is 0 Å². The average Bonchev–Trinajstić information content (AvgIpc) is 3.03. The molecule has 26 heavy (non-hydrogen) atoms. The molecule has 1 heterocycles. The number of methoxy groups -OCH3 is 1. The first-order chi connectivity index (χ1) is 12.5. The lowest BCUT2D eigenvalue weighted by Crippen LogP contribution is -2.34. The van der Waals surface area contributed by atoms with Crippen molar-refractivity contribution in [2.75, 3.05) is 30.4 Å². The van der Waals surface area contributed by atoms with Gasteiger partial charge in [0.25, 0.3) is 0 Å². The summed E-state index contributed by atoms with van der Waals surface area (Å²) in [5.41, 5.74) is 1.32. The van der Waals surface area contributed by atoms with Gasteiger partial charge in [-0.15, -0.1) is 0 Å². The van der Waals surface area contributed by atoms with Gasteiger partial charge in [-0.05, 0) is 48.5 Å². The molecule has 136 valence electrons. The van der Waals surface area contributed by atoms with Gasteiger partial charge in [0, 0.05) is 36.8 Å². The number of nitrogens with one attached hydrogen (secondary N) is 2. The number of benzene rings is 2. The first-order valence-corrected chi connectivity index (χ1v) is 8.30. The molecule has 0 aliphatic carbocycles. The Morgan fingerprint density at radius 3 is 2.54 bits per heavy atom. The quantitative estimate of drug-likeness (QED) is 0.864. The first-order valence-electron chi connectivity index (χ1n) is 8.30. The van der Waals surface area contributed by atoms with Crippen LogP contribution in [0.1, 0.15) is 6.42 Å². The summed E-state index contributed by atoms with van der Waals surface area (Å²) in [7, 11) is 1.59. The Hall–Kier alpha value is -3.09. The number of amides is 3. The van der Waals surface area contributed by atoms with Crippen molar-refractivity contribution in [3.05, 3.63) is 54.3 Å². The molecular weight excluding hydrogens is 337 g/mol. The Balaban J connectivity index is 1.50. The van der Waals surface area contributed by atoms with E-state index in [1.165, 1.54) is 24.3 Å². The van der Waals surface area contributed by atoms with Crippen LogP contribution in [0.3, 0.4) is 0 Å². The minimum absolute atomic E-state index is 0.0286. The van der Waals surface area contributed by atoms with E-state index in [9.17, 15) is 14.0 Å². The van der Waals surface area contributed by atoms with Crippen LogP contribution >= 0.6 is 0 Å². The van der Waals surface area contributed by atoms with Crippen LogP contribution in [0.5, 0.6) is 5.75 Å². The van der Waals surface area contributed by atoms with Gasteiger partial charge in [-0.25, -0.2) is 9.18 Å². The van der Waals surface area contributed by atoms with Crippen molar-refractivity contribution in [1.82, 2.24) is 5.32 Å². The van der Waals surface area contributed by atoms with Gasteiger partial charge in [-0.2, -0.15) is 0 Å². The summed E-state index contributed by atoms with van der Waals surface area (Å²) >= 11 is 0. The summed E-state index contributed by atoms with van der Waals surface area (Å²) in [5, 5.41) is 5.39. The van der Waals surface area contributed by atoms with Crippen LogP contribution in [0.25, 0.3) is 0 Å². The number of halogens is 1. The molecule has 0 radical (unpaired) electrons. The minimum Gasteiger partial charge on any atom is -0.497 e. The predicted octanol–water partition coefficient (Wildman–Crippen LogP) is 3.01. The molecule has 0 saturated carbocycles. The van der Waals surface area contributed by atoms with E-state index in [1.807, 2.05) is 24.3 Å². The summed E-state index contributed by atoms with van der Waals surface area (Å²) in [6.45, 7) is 0.924. The maximum atomic E-state index is 12.9. The predicted molar refractivity (Wildman–Crippen MR) is 96.9 cm³/mol. The Morgan fingerprint density at radius 1 is 1.19 bits per heavy atom. The molecule has 0 bridgehead atoms. The van der Waals surface area contributed by atoms with Gasteiger partial charge >= 0.3 is 6.03 Å². The Labute approximate surface area is 150 Å². The average molecular weight is 357 g/mol. The molecule has 1 atom stereocenters. The zero-order valence-electron chi connectivity index (χ0n) is 14.4. The molecule has 0 unspecified atom stereocenters. The number of urea groups is 1. The molecule has 6 nitrogen and oxygen atoms in total. The monoisotopic (exact) mass is 357 g/mol. The second-order valence-electron chi connectivity index (χ2n) is 6.11. The maximum Gasteiger partial charge on any atom is 0.319 e. The van der Waals surface area contributed by atoms with Crippen molar-refractivity contribution < 1.29 is 18.7 Å². The van der Waals surface area contributed by atoms with Crippen molar-refractivity contribution >= 4 is 23.3 Å². The van der Waals surface area contributed by atoms with E-state index in [1.54, 1.807) is 12.0 Å². The normalized spacial score (nSPS) is 16.5. The SMILES string of the molecule is COc1ccc(N2C[C@H](CNC(=O)Nc3ccc(F)cc3)CC2=O)cc1. The zero-order valence-corrected chi connectivity index (χ0v) is 14.4. The highest BCUT2D eigenvalue weighted by atomic mass is 19.1. The van der Waals surface area contributed by atoms with Gasteiger partial charge < -0.3 is 20.3 Å². The Bertz CT molecular complexity index is 778. The minimum atomic E-state index is -0.382. The standard InChI is InChI=1S/C19H20FN3O3/c1-26-17-8-6-16(7-9-17)23-12-13(10-18(23)24)11-21-19(25)22-15-4-2-14(20)3-5-15/h2-9,13H,10-12H2,1H3,(H2,21,22,25)/t13-/m0/s1. The highest BCUT2D eigenvalue weighted by molar-refractivity contribution is 5.96. The van der Waals surface area contributed by atoms with E-state index in [2.05, 4.69) is 10.6 Å². The highest BCUT2D eigenvalue weighted by Gasteiger charge is 2.30. The highest BCUT2D eigenvalue weighted by Crippen LogP contribution is 2.26. The van der Waals surface area contributed by atoms with E-state index in [0.717, 1.165) is 11.4 Å². The van der Waals surface area contributed by atoms with Crippen molar-refractivity contribution in [3.8, 4) is 5.75 Å². The molecule has 1 aliphatic heterocycles. The van der Waals surface area contributed by atoms with Crippen LogP contribution in [0, 0.1) is 11.7 Å². The third-order valence-corrected chi connectivity index (χ3v) is 4.24. The van der Waals surface area contributed by atoms with E-state index in [4.69, 9.17) is 4.74 Å². The van der Waals surface area contributed by atoms with Crippen molar-refractivity contribution in [3.63, 3.8) is 0 Å². The second-order valence-corrected chi connectivity index (χ2v) is 6.11. The molecule has 3 rings (SSSR count). The molecule has 2 aromatic rings. The molecule has 1 aliphatic rings. The zero-order chi connectivity index (χ0) is 18.5. The summed E-state index contributed by atoms with van der Waals surface area (Å²) in [4.78, 5) is 25.9. The largest absolute Gasteiger partial charge is 0.497 e. The van der Waals surface area contributed by atoms with E-state index in [0.29, 0.717) is 25.2 Å². The number of anilines is 2. The number of hydrogen-bond acceptors (Lipinski definition) is 3. The third kappa shape index (κ3) is 4.30. The summed E-state index contributed by atoms with van der Waals surface area (Å²) in [6.07, 6.45) is 0.378. The molecular formula is C19H20FN3O3. The van der Waals surface area contributed by atoms with Crippen molar-refractivity contribution in [2.24, 2.45) is 5.92 Å². The smallest absolute Gasteiger partial charge is 0.319 e. The molecule has 0 aromatic heterocycles. The fourth-order valence-corrected chi connectivity index (χ4v) is 2.88. The fourth-order valence-electron chi connectivity index (χ4n) is 2.88. The number of carbonyl (C=O) groups excluding carboxylic acids is 2. The van der Waals surface area contributed by atoms with E-state index < -0.39 is 0 Å². The summed E-state index contributed by atoms with van der Waals surface area (Å²) < 4.78 is 18.0. The summed E-state index contributed by atoms with van der Waals surface area (Å²) in [5.74, 6) is 0.430. The molecule has 2 aromatic carbocycles. The summed E-state index contributed by atoms with van der Waals surface area (Å²) in [6, 6.07) is 12.4. The maximum absolute atomic E-state index is 12.9. The van der Waals surface area contributed by atoms with Crippen LogP contribution in [-0.4, -0.2) is 32.1 Å². The van der Waals surface area contributed by atoms with Crippen LogP contribution in [0.15, 0.2) is 48.5 Å². The lowest BCUT2D eigenvalue weighted by atomic mass is 10.1. The molecule has 1 saturated heterocycles. The number of nitrogens with zero attached hydrogens (tertiary/aromatic N) is 1. The van der Waals surface area contributed by atoms with Crippen molar-refractivity contribution in [2.45, 2.75) is 6.42 Å². The van der Waals surface area contributed by atoms with Gasteiger partial charge in [0.05, 0.1) is 7.11 Å². The Kier molecular flexibility index (Phi) is 5.36. The van der Waals surface area contributed by atoms with Gasteiger partial charge in [0.2, 0.25) is 5.91 Å². The molecule has 1 fully saturated rings. The van der Waals surface area contributed by atoms with Gasteiger partial charge in [-0.1, -0.05) is 0 Å². The first kappa shape index (κ1) is 17.7. The number of carbonyl (C=O) groups is 2. The lowest BCUT2D eigenvalue weighted by Gasteiger charge is -2.17. The number of rotatable bonds is 5. The van der Waals surface area contributed by atoms with Gasteiger partial charge in [-0.3, -0.25) is 4.79 Å². The topological polar surface area (TPSA) is 70.7 Å². The number of ether oxygens (including phenoxy) is 1. The van der Waals surface area contributed by atoms with Gasteiger partial charge in [0.15, 0.2) is 0 Å². The molecule has 7 heteroatoms. The third-order valence-electron chi connectivity index (χ3n) is 4.24. The van der Waals surface area contributed by atoms with Crippen LogP contribution in [0.2, 0.25) is 0 Å².